The first-order chi connectivity index (χ1) is 12.3. The van der Waals surface area contributed by atoms with Gasteiger partial charge in [-0.1, -0.05) is 18.2 Å². The predicted octanol–water partition coefficient (Wildman–Crippen LogP) is 1.87. The van der Waals surface area contributed by atoms with Gasteiger partial charge < -0.3 is 9.64 Å². The SMILES string of the molecule is CC(C)(C)OC(=O)N1CCN(C2CC(=O)N(c3ccccc3)C2=O)CC1. The molecule has 0 aromatic heterocycles. The van der Waals surface area contributed by atoms with Crippen molar-refractivity contribution in [2.24, 2.45) is 0 Å². The number of piperazine rings is 1. The smallest absolute Gasteiger partial charge is 0.410 e. The van der Waals surface area contributed by atoms with E-state index >= 15 is 0 Å². The van der Waals surface area contributed by atoms with Gasteiger partial charge >= 0.3 is 6.09 Å². The largest absolute Gasteiger partial charge is 0.444 e. The highest BCUT2D eigenvalue weighted by atomic mass is 16.6. The van der Waals surface area contributed by atoms with Gasteiger partial charge in [-0.3, -0.25) is 14.5 Å². The Bertz CT molecular complexity index is 690. The molecule has 3 amide bonds. The summed E-state index contributed by atoms with van der Waals surface area (Å²) in [6.45, 7) is 7.57. The van der Waals surface area contributed by atoms with Crippen LogP contribution in [0.3, 0.4) is 0 Å². The Hall–Kier alpha value is -2.41. The summed E-state index contributed by atoms with van der Waals surface area (Å²) in [7, 11) is 0. The molecule has 140 valence electrons. The molecule has 3 rings (SSSR count). The number of benzene rings is 1. The fourth-order valence-corrected chi connectivity index (χ4v) is 3.29. The zero-order valence-electron chi connectivity index (χ0n) is 15.5. The lowest BCUT2D eigenvalue weighted by Crippen LogP contribution is -2.54. The lowest BCUT2D eigenvalue weighted by molar-refractivity contribution is -0.123. The number of para-hydroxylation sites is 1. The number of nitrogens with zero attached hydrogens (tertiary/aromatic N) is 3. The minimum Gasteiger partial charge on any atom is -0.444 e. The maximum absolute atomic E-state index is 12.8. The van der Waals surface area contributed by atoms with Crippen molar-refractivity contribution >= 4 is 23.6 Å². The van der Waals surface area contributed by atoms with Crippen molar-refractivity contribution in [3.05, 3.63) is 30.3 Å². The van der Waals surface area contributed by atoms with Crippen molar-refractivity contribution in [3.8, 4) is 0 Å². The predicted molar refractivity (Wildman–Crippen MR) is 96.7 cm³/mol. The number of rotatable bonds is 2. The van der Waals surface area contributed by atoms with Gasteiger partial charge in [0.25, 0.3) is 5.91 Å². The van der Waals surface area contributed by atoms with Gasteiger partial charge in [-0.05, 0) is 32.9 Å². The van der Waals surface area contributed by atoms with Crippen molar-refractivity contribution in [1.82, 2.24) is 9.80 Å². The van der Waals surface area contributed by atoms with Gasteiger partial charge in [0, 0.05) is 26.2 Å². The Balaban J connectivity index is 1.61. The summed E-state index contributed by atoms with van der Waals surface area (Å²) in [4.78, 5) is 42.2. The van der Waals surface area contributed by atoms with E-state index in [0.29, 0.717) is 31.9 Å². The molecule has 0 N–H and O–H groups in total. The zero-order valence-corrected chi connectivity index (χ0v) is 15.5. The number of carbonyl (C=O) groups is 3. The molecule has 1 aromatic rings. The molecular weight excluding hydrogens is 334 g/mol. The van der Waals surface area contributed by atoms with E-state index in [1.54, 1.807) is 17.0 Å². The van der Waals surface area contributed by atoms with Crippen LogP contribution in [0.25, 0.3) is 0 Å². The fourth-order valence-electron chi connectivity index (χ4n) is 3.29. The lowest BCUT2D eigenvalue weighted by atomic mass is 10.1. The summed E-state index contributed by atoms with van der Waals surface area (Å²) in [6.07, 6.45) is -0.155. The molecular formula is C19H25N3O4. The summed E-state index contributed by atoms with van der Waals surface area (Å²) >= 11 is 0. The Morgan fingerprint density at radius 2 is 1.65 bits per heavy atom. The van der Waals surface area contributed by atoms with Crippen molar-refractivity contribution < 1.29 is 19.1 Å². The van der Waals surface area contributed by atoms with E-state index in [0.717, 1.165) is 0 Å². The van der Waals surface area contributed by atoms with E-state index < -0.39 is 11.6 Å². The number of anilines is 1. The molecule has 1 unspecified atom stereocenters. The standard InChI is InChI=1S/C19H25N3O4/c1-19(2,3)26-18(25)21-11-9-20(10-12-21)15-13-16(23)22(17(15)24)14-7-5-4-6-8-14/h4-8,15H,9-13H2,1-3H3. The maximum atomic E-state index is 12.8. The molecule has 0 aliphatic carbocycles. The second-order valence-corrected chi connectivity index (χ2v) is 7.63. The molecule has 7 nitrogen and oxygen atoms in total. The van der Waals surface area contributed by atoms with Crippen molar-refractivity contribution in [1.29, 1.82) is 0 Å². The Morgan fingerprint density at radius 3 is 2.23 bits per heavy atom. The third kappa shape index (κ3) is 3.88. The van der Waals surface area contributed by atoms with Gasteiger partial charge in [-0.2, -0.15) is 0 Å². The molecule has 2 aliphatic rings. The van der Waals surface area contributed by atoms with Crippen molar-refractivity contribution in [3.63, 3.8) is 0 Å². The molecule has 1 atom stereocenters. The monoisotopic (exact) mass is 359 g/mol. The van der Waals surface area contributed by atoms with Crippen LogP contribution in [0.2, 0.25) is 0 Å². The molecule has 2 fully saturated rings. The molecule has 0 bridgehead atoms. The molecule has 26 heavy (non-hydrogen) atoms. The molecule has 2 heterocycles. The van der Waals surface area contributed by atoms with Gasteiger partial charge in [0.1, 0.15) is 5.60 Å². The molecule has 0 spiro atoms. The van der Waals surface area contributed by atoms with E-state index in [1.807, 2.05) is 43.9 Å². The maximum Gasteiger partial charge on any atom is 0.410 e. The van der Waals surface area contributed by atoms with Crippen LogP contribution < -0.4 is 4.90 Å². The van der Waals surface area contributed by atoms with Crippen LogP contribution in [-0.2, 0) is 14.3 Å². The number of imide groups is 1. The quantitative estimate of drug-likeness (QED) is 0.754. The van der Waals surface area contributed by atoms with Crippen LogP contribution in [0.1, 0.15) is 27.2 Å². The topological polar surface area (TPSA) is 70.2 Å². The number of carbonyl (C=O) groups excluding carboxylic acids is 3. The van der Waals surface area contributed by atoms with E-state index in [1.165, 1.54) is 4.90 Å². The third-order valence-corrected chi connectivity index (χ3v) is 4.54. The summed E-state index contributed by atoms with van der Waals surface area (Å²) in [5.41, 5.74) is 0.0792. The van der Waals surface area contributed by atoms with E-state index in [9.17, 15) is 14.4 Å². The highest BCUT2D eigenvalue weighted by Gasteiger charge is 2.43. The molecule has 2 saturated heterocycles. The minimum atomic E-state index is -0.530. The molecule has 2 aliphatic heterocycles. The normalized spacial score (nSPS) is 22.0. The van der Waals surface area contributed by atoms with Crippen LogP contribution in [0.15, 0.2) is 30.3 Å². The molecule has 0 radical (unpaired) electrons. The van der Waals surface area contributed by atoms with Gasteiger partial charge in [0.05, 0.1) is 18.2 Å². The van der Waals surface area contributed by atoms with Crippen LogP contribution in [0.4, 0.5) is 10.5 Å². The van der Waals surface area contributed by atoms with E-state index in [2.05, 4.69) is 0 Å². The number of ether oxygens (including phenoxy) is 1. The van der Waals surface area contributed by atoms with Gasteiger partial charge in [-0.15, -0.1) is 0 Å². The summed E-state index contributed by atoms with van der Waals surface area (Å²) < 4.78 is 5.39. The minimum absolute atomic E-state index is 0.180. The highest BCUT2D eigenvalue weighted by Crippen LogP contribution is 2.26. The first-order valence-corrected chi connectivity index (χ1v) is 8.90. The average Bonchev–Trinajstić information content (AvgIpc) is 2.89. The Kier molecular flexibility index (Phi) is 5.00. The number of hydrogen-bond acceptors (Lipinski definition) is 5. The van der Waals surface area contributed by atoms with E-state index in [4.69, 9.17) is 4.74 Å². The van der Waals surface area contributed by atoms with Gasteiger partial charge in [0.2, 0.25) is 5.91 Å². The Morgan fingerprint density at radius 1 is 1.04 bits per heavy atom. The van der Waals surface area contributed by atoms with Gasteiger partial charge in [-0.25, -0.2) is 9.69 Å². The summed E-state index contributed by atoms with van der Waals surface area (Å²) in [5, 5.41) is 0. The third-order valence-electron chi connectivity index (χ3n) is 4.54. The first kappa shape index (κ1) is 18.4. The second-order valence-electron chi connectivity index (χ2n) is 7.63. The first-order valence-electron chi connectivity index (χ1n) is 8.90. The highest BCUT2D eigenvalue weighted by molar-refractivity contribution is 6.22. The van der Waals surface area contributed by atoms with Crippen molar-refractivity contribution in [2.45, 2.75) is 38.8 Å². The summed E-state index contributed by atoms with van der Waals surface area (Å²) in [6, 6.07) is 8.54. The van der Waals surface area contributed by atoms with Crippen LogP contribution in [0.5, 0.6) is 0 Å². The average molecular weight is 359 g/mol. The van der Waals surface area contributed by atoms with Crippen LogP contribution in [-0.4, -0.2) is 65.5 Å². The van der Waals surface area contributed by atoms with Gasteiger partial charge in [0.15, 0.2) is 0 Å². The number of hydrogen-bond donors (Lipinski definition) is 0. The van der Waals surface area contributed by atoms with E-state index in [-0.39, 0.29) is 24.3 Å². The second kappa shape index (κ2) is 7.07. The van der Waals surface area contributed by atoms with Crippen LogP contribution >= 0.6 is 0 Å². The molecule has 7 heteroatoms. The summed E-state index contributed by atoms with van der Waals surface area (Å²) in [5.74, 6) is -0.368. The zero-order chi connectivity index (χ0) is 18.9. The lowest BCUT2D eigenvalue weighted by Gasteiger charge is -2.37. The van der Waals surface area contributed by atoms with Crippen LogP contribution in [0, 0.1) is 0 Å². The fraction of sp³-hybridized carbons (Fsp3) is 0.526. The molecule has 1 aromatic carbocycles. The van der Waals surface area contributed by atoms with Crippen molar-refractivity contribution in [2.75, 3.05) is 31.1 Å². The number of amides is 3. The molecule has 0 saturated carbocycles. The Labute approximate surface area is 153 Å².